The number of benzene rings is 2. The highest BCUT2D eigenvalue weighted by Gasteiger charge is 2.06. The first kappa shape index (κ1) is 16.7. The first-order valence-corrected chi connectivity index (χ1v) is 8.24. The van der Waals surface area contributed by atoms with Gasteiger partial charge < -0.3 is 10.3 Å². The van der Waals surface area contributed by atoms with Gasteiger partial charge in [-0.25, -0.2) is 4.98 Å². The van der Waals surface area contributed by atoms with Crippen molar-refractivity contribution in [3.8, 4) is 22.6 Å². The quantitative estimate of drug-likeness (QED) is 0.684. The number of hydrogen-bond acceptors (Lipinski definition) is 2. The van der Waals surface area contributed by atoms with Crippen molar-refractivity contribution in [2.24, 2.45) is 0 Å². The van der Waals surface area contributed by atoms with E-state index in [9.17, 15) is 4.79 Å². The van der Waals surface area contributed by atoms with E-state index >= 15 is 0 Å². The molecular formula is C21H21N3O. The zero-order valence-electron chi connectivity index (χ0n) is 14.4. The fourth-order valence-corrected chi connectivity index (χ4v) is 2.56. The Hall–Kier alpha value is -3.14. The van der Waals surface area contributed by atoms with Gasteiger partial charge in [0, 0.05) is 18.2 Å². The minimum absolute atomic E-state index is 0.0743. The number of aromatic amines is 1. The normalized spacial score (nSPS) is 10.3. The van der Waals surface area contributed by atoms with E-state index in [2.05, 4.69) is 15.3 Å². The Kier molecular flexibility index (Phi) is 5.09. The summed E-state index contributed by atoms with van der Waals surface area (Å²) in [7, 11) is 0. The van der Waals surface area contributed by atoms with Crippen LogP contribution in [0.4, 0.5) is 0 Å². The smallest absolute Gasteiger partial charge is 0.244 e. The Morgan fingerprint density at radius 2 is 1.84 bits per heavy atom. The molecule has 0 aliphatic rings. The Bertz CT molecular complexity index is 890. The molecule has 25 heavy (non-hydrogen) atoms. The minimum atomic E-state index is -0.0743. The molecule has 1 heterocycles. The number of aromatic nitrogens is 2. The second-order valence-electron chi connectivity index (χ2n) is 6.15. The van der Waals surface area contributed by atoms with Crippen molar-refractivity contribution in [1.82, 2.24) is 15.3 Å². The Labute approximate surface area is 147 Å². The summed E-state index contributed by atoms with van der Waals surface area (Å²) in [6.45, 7) is 4.30. The topological polar surface area (TPSA) is 57.8 Å². The molecule has 0 unspecified atom stereocenters. The van der Waals surface area contributed by atoms with E-state index in [4.69, 9.17) is 0 Å². The summed E-state index contributed by atoms with van der Waals surface area (Å²) in [5.41, 5.74) is 5.10. The third kappa shape index (κ3) is 4.44. The lowest BCUT2D eigenvalue weighted by atomic mass is 10.1. The second-order valence-corrected chi connectivity index (χ2v) is 6.15. The molecule has 2 aromatic carbocycles. The van der Waals surface area contributed by atoms with Gasteiger partial charge >= 0.3 is 0 Å². The van der Waals surface area contributed by atoms with Crippen LogP contribution in [-0.2, 0) is 11.3 Å². The second kappa shape index (κ2) is 7.62. The van der Waals surface area contributed by atoms with E-state index in [0.29, 0.717) is 6.54 Å². The lowest BCUT2D eigenvalue weighted by molar-refractivity contribution is -0.116. The molecule has 0 atom stereocenters. The minimum Gasteiger partial charge on any atom is -0.348 e. The van der Waals surface area contributed by atoms with Crippen LogP contribution in [0, 0.1) is 0 Å². The van der Waals surface area contributed by atoms with Gasteiger partial charge in [0.05, 0.1) is 11.9 Å². The van der Waals surface area contributed by atoms with Crippen molar-refractivity contribution in [3.05, 3.63) is 78.0 Å². The molecular weight excluding hydrogens is 310 g/mol. The largest absolute Gasteiger partial charge is 0.348 e. The zero-order chi connectivity index (χ0) is 17.6. The fraction of sp³-hybridized carbons (Fsp3) is 0.143. The number of carbonyl (C=O) groups excluding carboxylic acids is 1. The van der Waals surface area contributed by atoms with Crippen molar-refractivity contribution in [1.29, 1.82) is 0 Å². The number of H-pyrrole nitrogens is 1. The van der Waals surface area contributed by atoms with Gasteiger partial charge in [0.1, 0.15) is 5.82 Å². The van der Waals surface area contributed by atoms with Crippen molar-refractivity contribution in [2.45, 2.75) is 20.4 Å². The van der Waals surface area contributed by atoms with Crippen molar-refractivity contribution in [2.75, 3.05) is 0 Å². The van der Waals surface area contributed by atoms with Crippen molar-refractivity contribution < 1.29 is 4.79 Å². The van der Waals surface area contributed by atoms with Crippen LogP contribution in [0.3, 0.4) is 0 Å². The number of imidazole rings is 1. The summed E-state index contributed by atoms with van der Waals surface area (Å²) in [6, 6.07) is 18.1. The maximum absolute atomic E-state index is 11.7. The molecule has 4 nitrogen and oxygen atoms in total. The van der Waals surface area contributed by atoms with Gasteiger partial charge in [-0.15, -0.1) is 0 Å². The number of amides is 1. The number of nitrogens with one attached hydrogen (secondary N) is 2. The number of nitrogens with zero attached hydrogens (tertiary/aromatic N) is 1. The predicted molar refractivity (Wildman–Crippen MR) is 101 cm³/mol. The van der Waals surface area contributed by atoms with Gasteiger partial charge in [0.2, 0.25) is 5.91 Å². The van der Waals surface area contributed by atoms with Crippen LogP contribution >= 0.6 is 0 Å². The fourth-order valence-electron chi connectivity index (χ4n) is 2.56. The molecule has 1 amide bonds. The number of allylic oxidation sites excluding steroid dienone is 1. The highest BCUT2D eigenvalue weighted by atomic mass is 16.1. The molecule has 0 saturated carbocycles. The average molecular weight is 331 g/mol. The van der Waals surface area contributed by atoms with E-state index < -0.39 is 0 Å². The van der Waals surface area contributed by atoms with Crippen LogP contribution < -0.4 is 5.32 Å². The van der Waals surface area contributed by atoms with E-state index in [1.807, 2.05) is 74.6 Å². The molecule has 2 N–H and O–H groups in total. The first-order chi connectivity index (χ1) is 12.1. The standard InChI is InChI=1S/C21H21N3O/c1-15(2)11-20(25)22-13-16-7-6-10-18(12-16)21-23-14-19(24-21)17-8-4-3-5-9-17/h3-12,14H,13H2,1-2H3,(H,22,25)(H,23,24). The van der Waals surface area contributed by atoms with Crippen LogP contribution in [0.15, 0.2) is 72.4 Å². The molecule has 0 bridgehead atoms. The zero-order valence-corrected chi connectivity index (χ0v) is 14.4. The lowest BCUT2D eigenvalue weighted by Crippen LogP contribution is -2.20. The van der Waals surface area contributed by atoms with Crippen LogP contribution in [-0.4, -0.2) is 15.9 Å². The Balaban J connectivity index is 1.75. The van der Waals surface area contributed by atoms with E-state index in [1.165, 1.54) is 0 Å². The molecule has 1 aromatic heterocycles. The SMILES string of the molecule is CC(C)=CC(=O)NCc1cccc(-c2ncc(-c3ccccc3)[nH]2)c1. The third-order valence-corrected chi connectivity index (χ3v) is 3.75. The van der Waals surface area contributed by atoms with Crippen molar-refractivity contribution >= 4 is 5.91 Å². The number of hydrogen-bond donors (Lipinski definition) is 2. The molecule has 0 saturated heterocycles. The van der Waals surface area contributed by atoms with E-state index in [-0.39, 0.29) is 5.91 Å². The van der Waals surface area contributed by atoms with Gasteiger partial charge in [-0.3, -0.25) is 4.79 Å². The highest BCUT2D eigenvalue weighted by molar-refractivity contribution is 5.88. The summed E-state index contributed by atoms with van der Waals surface area (Å²) in [4.78, 5) is 19.6. The molecule has 0 spiro atoms. The maximum atomic E-state index is 11.7. The maximum Gasteiger partial charge on any atom is 0.244 e. The van der Waals surface area contributed by atoms with E-state index in [0.717, 1.165) is 33.8 Å². The van der Waals surface area contributed by atoms with Crippen LogP contribution in [0.2, 0.25) is 0 Å². The predicted octanol–water partition coefficient (Wildman–Crippen LogP) is 4.33. The number of carbonyl (C=O) groups is 1. The van der Waals surface area contributed by atoms with Crippen LogP contribution in [0.5, 0.6) is 0 Å². The molecule has 0 aliphatic carbocycles. The van der Waals surface area contributed by atoms with E-state index in [1.54, 1.807) is 6.08 Å². The lowest BCUT2D eigenvalue weighted by Gasteiger charge is -2.05. The first-order valence-electron chi connectivity index (χ1n) is 8.24. The van der Waals surface area contributed by atoms with Crippen LogP contribution in [0.1, 0.15) is 19.4 Å². The average Bonchev–Trinajstić information content (AvgIpc) is 3.11. The highest BCUT2D eigenvalue weighted by Crippen LogP contribution is 2.22. The van der Waals surface area contributed by atoms with Gasteiger partial charge in [-0.1, -0.05) is 54.1 Å². The number of rotatable bonds is 5. The summed E-state index contributed by atoms with van der Waals surface area (Å²) in [5.74, 6) is 0.742. The molecule has 4 heteroatoms. The molecule has 3 aromatic rings. The molecule has 126 valence electrons. The van der Waals surface area contributed by atoms with Gasteiger partial charge in [0.15, 0.2) is 0 Å². The van der Waals surface area contributed by atoms with Gasteiger partial charge in [-0.05, 0) is 31.0 Å². The molecule has 3 rings (SSSR count). The van der Waals surface area contributed by atoms with Gasteiger partial charge in [0.25, 0.3) is 0 Å². The summed E-state index contributed by atoms with van der Waals surface area (Å²) >= 11 is 0. The monoisotopic (exact) mass is 331 g/mol. The summed E-state index contributed by atoms with van der Waals surface area (Å²) in [6.07, 6.45) is 3.44. The Morgan fingerprint density at radius 3 is 2.60 bits per heavy atom. The van der Waals surface area contributed by atoms with Gasteiger partial charge in [-0.2, -0.15) is 0 Å². The van der Waals surface area contributed by atoms with Crippen LogP contribution in [0.25, 0.3) is 22.6 Å². The van der Waals surface area contributed by atoms with Crippen molar-refractivity contribution in [3.63, 3.8) is 0 Å². The molecule has 0 radical (unpaired) electrons. The third-order valence-electron chi connectivity index (χ3n) is 3.75. The molecule has 0 fully saturated rings. The summed E-state index contributed by atoms with van der Waals surface area (Å²) in [5, 5.41) is 2.89. The molecule has 0 aliphatic heterocycles. The Morgan fingerprint density at radius 1 is 1.08 bits per heavy atom. The summed E-state index contributed by atoms with van der Waals surface area (Å²) < 4.78 is 0.